The SMILES string of the molecule is O=C(c1cc2c(s1)-c1ccccc1CC2)N1CCN(Cc2cc(=O)n3ccsc3n2)CC1. The van der Waals surface area contributed by atoms with Gasteiger partial charge < -0.3 is 4.90 Å². The highest BCUT2D eigenvalue weighted by atomic mass is 32.1. The Morgan fingerprint density at radius 3 is 2.72 bits per heavy atom. The highest BCUT2D eigenvalue weighted by Crippen LogP contribution is 2.39. The molecule has 162 valence electrons. The van der Waals surface area contributed by atoms with Gasteiger partial charge in [0.2, 0.25) is 0 Å². The number of hydrogen-bond acceptors (Lipinski definition) is 6. The fourth-order valence-electron chi connectivity index (χ4n) is 4.64. The molecule has 1 aromatic carbocycles. The summed E-state index contributed by atoms with van der Waals surface area (Å²) in [5, 5.41) is 1.87. The number of thiophene rings is 1. The summed E-state index contributed by atoms with van der Waals surface area (Å²) in [5.41, 5.74) is 4.72. The van der Waals surface area contributed by atoms with Crippen molar-refractivity contribution in [3.05, 3.63) is 80.0 Å². The maximum atomic E-state index is 13.2. The van der Waals surface area contributed by atoms with Gasteiger partial charge >= 0.3 is 0 Å². The quantitative estimate of drug-likeness (QED) is 0.467. The number of thiazole rings is 1. The zero-order valence-corrected chi connectivity index (χ0v) is 19.1. The molecule has 0 N–H and O–H groups in total. The Kier molecular flexibility index (Phi) is 4.93. The third-order valence-corrected chi connectivity index (χ3v) is 8.30. The summed E-state index contributed by atoms with van der Waals surface area (Å²) in [5.74, 6) is 0.137. The Balaban J connectivity index is 1.13. The molecular formula is C24H22N4O2S2. The van der Waals surface area contributed by atoms with Gasteiger partial charge in [-0.1, -0.05) is 24.3 Å². The molecule has 6 rings (SSSR count). The minimum Gasteiger partial charge on any atom is -0.335 e. The van der Waals surface area contributed by atoms with E-state index >= 15 is 0 Å². The molecule has 0 atom stereocenters. The number of rotatable bonds is 3. The van der Waals surface area contributed by atoms with Gasteiger partial charge in [-0.3, -0.25) is 18.9 Å². The van der Waals surface area contributed by atoms with Crippen LogP contribution in [0.3, 0.4) is 0 Å². The van der Waals surface area contributed by atoms with E-state index in [0.29, 0.717) is 19.6 Å². The maximum Gasteiger partial charge on any atom is 0.264 e. The molecule has 4 heterocycles. The fraction of sp³-hybridized carbons (Fsp3) is 0.292. The molecule has 0 radical (unpaired) electrons. The molecule has 1 amide bonds. The number of fused-ring (bicyclic) bond motifs is 4. The van der Waals surface area contributed by atoms with Crippen molar-refractivity contribution in [3.63, 3.8) is 0 Å². The van der Waals surface area contributed by atoms with E-state index in [1.165, 1.54) is 32.9 Å². The molecule has 32 heavy (non-hydrogen) atoms. The van der Waals surface area contributed by atoms with Crippen molar-refractivity contribution < 1.29 is 4.79 Å². The second-order valence-electron chi connectivity index (χ2n) is 8.33. The summed E-state index contributed by atoms with van der Waals surface area (Å²) in [4.78, 5) is 37.1. The van der Waals surface area contributed by atoms with Crippen molar-refractivity contribution in [3.8, 4) is 10.4 Å². The van der Waals surface area contributed by atoms with Crippen LogP contribution in [0.1, 0.15) is 26.5 Å². The summed E-state index contributed by atoms with van der Waals surface area (Å²) in [6.45, 7) is 3.59. The van der Waals surface area contributed by atoms with Gasteiger partial charge in [0, 0.05) is 55.2 Å². The molecule has 0 unspecified atom stereocenters. The standard InChI is InChI=1S/C24H22N4O2S2/c29-21-14-18(25-24-28(21)11-12-31-24)15-26-7-9-27(10-8-26)23(30)20-13-17-6-5-16-3-1-2-4-19(16)22(17)32-20/h1-4,11-14H,5-10,15H2. The van der Waals surface area contributed by atoms with Crippen molar-refractivity contribution in [2.45, 2.75) is 19.4 Å². The van der Waals surface area contributed by atoms with E-state index in [4.69, 9.17) is 0 Å². The van der Waals surface area contributed by atoms with Gasteiger partial charge in [-0.2, -0.15) is 0 Å². The van der Waals surface area contributed by atoms with Crippen LogP contribution in [0.15, 0.2) is 52.8 Å². The number of benzene rings is 1. The Morgan fingerprint density at radius 1 is 1.03 bits per heavy atom. The second kappa shape index (κ2) is 7.95. The molecule has 4 aromatic rings. The van der Waals surface area contributed by atoms with Gasteiger partial charge in [-0.25, -0.2) is 4.98 Å². The zero-order chi connectivity index (χ0) is 21.7. The first-order chi connectivity index (χ1) is 15.7. The maximum absolute atomic E-state index is 13.2. The Bertz CT molecular complexity index is 1380. The van der Waals surface area contributed by atoms with Gasteiger partial charge in [-0.15, -0.1) is 22.7 Å². The number of nitrogens with zero attached hydrogens (tertiary/aromatic N) is 4. The highest BCUT2D eigenvalue weighted by Gasteiger charge is 2.26. The molecule has 0 saturated carbocycles. The smallest absolute Gasteiger partial charge is 0.264 e. The predicted octanol–water partition coefficient (Wildman–Crippen LogP) is 3.54. The molecule has 1 aliphatic carbocycles. The van der Waals surface area contributed by atoms with Crippen LogP contribution >= 0.6 is 22.7 Å². The zero-order valence-electron chi connectivity index (χ0n) is 17.5. The lowest BCUT2D eigenvalue weighted by atomic mass is 9.91. The summed E-state index contributed by atoms with van der Waals surface area (Å²) in [7, 11) is 0. The molecule has 1 aliphatic heterocycles. The monoisotopic (exact) mass is 462 g/mol. The molecule has 1 saturated heterocycles. The average Bonchev–Trinajstić information content (AvgIpc) is 3.47. The van der Waals surface area contributed by atoms with Gasteiger partial charge in [-0.05, 0) is 35.6 Å². The third-order valence-electron chi connectivity index (χ3n) is 6.35. The van der Waals surface area contributed by atoms with E-state index in [2.05, 4.69) is 40.2 Å². The average molecular weight is 463 g/mol. The Labute approximate surface area is 193 Å². The minimum absolute atomic E-state index is 0.0386. The molecule has 8 heteroatoms. The molecular weight excluding hydrogens is 440 g/mol. The molecule has 2 aliphatic rings. The van der Waals surface area contributed by atoms with Crippen LogP contribution in [0.25, 0.3) is 15.4 Å². The van der Waals surface area contributed by atoms with E-state index in [1.807, 2.05) is 10.3 Å². The number of amides is 1. The summed E-state index contributed by atoms with van der Waals surface area (Å²) < 4.78 is 1.57. The van der Waals surface area contributed by atoms with Gasteiger partial charge in [0.05, 0.1) is 10.6 Å². The van der Waals surface area contributed by atoms with E-state index in [9.17, 15) is 9.59 Å². The van der Waals surface area contributed by atoms with Crippen molar-refractivity contribution >= 4 is 33.5 Å². The first-order valence-electron chi connectivity index (χ1n) is 10.8. The van der Waals surface area contributed by atoms with E-state index in [0.717, 1.165) is 41.5 Å². The number of aryl methyl sites for hydroxylation is 2. The number of aromatic nitrogens is 2. The van der Waals surface area contributed by atoms with Crippen molar-refractivity contribution in [2.75, 3.05) is 26.2 Å². The molecule has 6 nitrogen and oxygen atoms in total. The van der Waals surface area contributed by atoms with Gasteiger partial charge in [0.15, 0.2) is 4.96 Å². The van der Waals surface area contributed by atoms with Crippen molar-refractivity contribution in [2.24, 2.45) is 0 Å². The number of carbonyl (C=O) groups excluding carboxylic acids is 1. The normalized spacial score (nSPS) is 16.2. The van der Waals surface area contributed by atoms with Crippen molar-refractivity contribution in [1.82, 2.24) is 19.2 Å². The topological polar surface area (TPSA) is 57.9 Å². The molecule has 3 aromatic heterocycles. The lowest BCUT2D eigenvalue weighted by molar-refractivity contribution is 0.0632. The number of hydrogen-bond donors (Lipinski definition) is 0. The third kappa shape index (κ3) is 3.48. The Morgan fingerprint density at radius 2 is 1.84 bits per heavy atom. The van der Waals surface area contributed by atoms with Crippen molar-refractivity contribution in [1.29, 1.82) is 0 Å². The van der Waals surface area contributed by atoms with Crippen LogP contribution in [0.4, 0.5) is 0 Å². The van der Waals surface area contributed by atoms with Crippen LogP contribution in [-0.2, 0) is 19.4 Å². The molecule has 0 spiro atoms. The molecule has 1 fully saturated rings. The van der Waals surface area contributed by atoms with Crippen LogP contribution in [0.5, 0.6) is 0 Å². The minimum atomic E-state index is -0.0386. The number of carbonyl (C=O) groups is 1. The first-order valence-corrected chi connectivity index (χ1v) is 12.5. The van der Waals surface area contributed by atoms with E-state index < -0.39 is 0 Å². The first kappa shape index (κ1) is 19.8. The van der Waals surface area contributed by atoms with Gasteiger partial charge in [0.25, 0.3) is 11.5 Å². The van der Waals surface area contributed by atoms with Gasteiger partial charge in [0.1, 0.15) is 0 Å². The summed E-state index contributed by atoms with van der Waals surface area (Å²) in [6.07, 6.45) is 3.80. The highest BCUT2D eigenvalue weighted by molar-refractivity contribution is 7.17. The largest absolute Gasteiger partial charge is 0.335 e. The molecule has 0 bridgehead atoms. The Hall–Kier alpha value is -2.81. The lowest BCUT2D eigenvalue weighted by Crippen LogP contribution is -2.48. The van der Waals surface area contributed by atoms with E-state index in [-0.39, 0.29) is 11.5 Å². The second-order valence-corrected chi connectivity index (χ2v) is 10.3. The number of piperazine rings is 1. The van der Waals surface area contributed by atoms with Crippen LogP contribution < -0.4 is 5.56 Å². The van der Waals surface area contributed by atoms with Crippen LogP contribution in [0, 0.1) is 0 Å². The predicted molar refractivity (Wildman–Crippen MR) is 128 cm³/mol. The van der Waals surface area contributed by atoms with Crippen LogP contribution in [0.2, 0.25) is 0 Å². The fourth-order valence-corrected chi connectivity index (χ4v) is 6.62. The summed E-state index contributed by atoms with van der Waals surface area (Å²) in [6, 6.07) is 12.3. The van der Waals surface area contributed by atoms with Crippen LogP contribution in [-0.4, -0.2) is 51.3 Å². The summed E-state index contributed by atoms with van der Waals surface area (Å²) >= 11 is 3.10. The van der Waals surface area contributed by atoms with E-state index in [1.54, 1.807) is 28.0 Å². The lowest BCUT2D eigenvalue weighted by Gasteiger charge is -2.34.